The van der Waals surface area contributed by atoms with E-state index in [1.165, 1.54) is 0 Å². The van der Waals surface area contributed by atoms with E-state index in [-0.39, 0.29) is 6.04 Å². The van der Waals surface area contributed by atoms with Crippen molar-refractivity contribution in [2.45, 2.75) is 19.4 Å². The molecule has 1 unspecified atom stereocenters. The van der Waals surface area contributed by atoms with Gasteiger partial charge in [-0.25, -0.2) is 4.98 Å². The average molecular weight is 320 g/mol. The zero-order valence-electron chi connectivity index (χ0n) is 10.5. The smallest absolute Gasteiger partial charge is 0.201 e. The number of halogens is 1. The van der Waals surface area contributed by atoms with E-state index in [0.717, 1.165) is 27.7 Å². The van der Waals surface area contributed by atoms with Crippen LogP contribution < -0.4 is 5.73 Å². The quantitative estimate of drug-likeness (QED) is 0.799. The van der Waals surface area contributed by atoms with Gasteiger partial charge in [0.15, 0.2) is 0 Å². The molecular weight excluding hydrogens is 306 g/mol. The van der Waals surface area contributed by atoms with Crippen LogP contribution in [0.4, 0.5) is 5.95 Å². The normalized spacial score (nSPS) is 12.9. The summed E-state index contributed by atoms with van der Waals surface area (Å²) >= 11 is 3.49. The molecular formula is C14H14BrN3O. The van der Waals surface area contributed by atoms with Crippen LogP contribution in [0.25, 0.3) is 11.0 Å². The van der Waals surface area contributed by atoms with Crippen molar-refractivity contribution >= 4 is 32.9 Å². The SMILES string of the molecule is CC(Cc1ccco1)n1c(N)nc2ccc(Br)cc21. The number of aromatic nitrogens is 2. The van der Waals surface area contributed by atoms with E-state index in [1.54, 1.807) is 6.26 Å². The lowest BCUT2D eigenvalue weighted by molar-refractivity contribution is 0.456. The number of benzene rings is 1. The zero-order chi connectivity index (χ0) is 13.4. The van der Waals surface area contributed by atoms with Gasteiger partial charge in [0, 0.05) is 16.9 Å². The highest BCUT2D eigenvalue weighted by molar-refractivity contribution is 9.10. The zero-order valence-corrected chi connectivity index (χ0v) is 12.1. The van der Waals surface area contributed by atoms with E-state index in [9.17, 15) is 0 Å². The Bertz CT molecular complexity index is 703. The Morgan fingerprint density at radius 3 is 3.00 bits per heavy atom. The lowest BCUT2D eigenvalue weighted by atomic mass is 10.2. The summed E-state index contributed by atoms with van der Waals surface area (Å²) < 4.78 is 8.46. The predicted octanol–water partition coefficient (Wildman–Crippen LogP) is 3.78. The fourth-order valence-electron chi connectivity index (χ4n) is 2.36. The molecule has 0 aliphatic carbocycles. The van der Waals surface area contributed by atoms with Crippen LogP contribution in [-0.2, 0) is 6.42 Å². The van der Waals surface area contributed by atoms with Crippen molar-refractivity contribution in [3.8, 4) is 0 Å². The molecule has 0 saturated heterocycles. The molecule has 0 radical (unpaired) electrons. The molecule has 19 heavy (non-hydrogen) atoms. The fourth-order valence-corrected chi connectivity index (χ4v) is 2.71. The molecule has 0 spiro atoms. The maximum absolute atomic E-state index is 6.04. The first-order chi connectivity index (χ1) is 9.15. The number of furan rings is 1. The van der Waals surface area contributed by atoms with Crippen LogP contribution in [0.2, 0.25) is 0 Å². The first kappa shape index (κ1) is 12.3. The van der Waals surface area contributed by atoms with Crippen molar-refractivity contribution < 1.29 is 4.42 Å². The highest BCUT2D eigenvalue weighted by atomic mass is 79.9. The van der Waals surface area contributed by atoms with Crippen LogP contribution in [0.1, 0.15) is 18.7 Å². The standard InChI is InChI=1S/C14H14BrN3O/c1-9(7-11-3-2-6-19-11)18-13-8-10(15)4-5-12(13)17-14(18)16/h2-6,8-9H,7H2,1H3,(H2,16,17). The van der Waals surface area contributed by atoms with Gasteiger partial charge in [0.2, 0.25) is 5.95 Å². The van der Waals surface area contributed by atoms with Crippen molar-refractivity contribution in [3.63, 3.8) is 0 Å². The van der Waals surface area contributed by atoms with Gasteiger partial charge in [-0.05, 0) is 37.3 Å². The Kier molecular flexibility index (Phi) is 3.06. The summed E-state index contributed by atoms with van der Waals surface area (Å²) in [5.74, 6) is 1.48. The second kappa shape index (κ2) is 4.74. The summed E-state index contributed by atoms with van der Waals surface area (Å²) in [6.07, 6.45) is 2.48. The minimum Gasteiger partial charge on any atom is -0.469 e. The maximum Gasteiger partial charge on any atom is 0.201 e. The molecule has 0 bridgehead atoms. The summed E-state index contributed by atoms with van der Waals surface area (Å²) in [5.41, 5.74) is 7.98. The molecule has 3 rings (SSSR count). The number of imidazole rings is 1. The molecule has 2 heterocycles. The second-order valence-electron chi connectivity index (χ2n) is 4.61. The number of hydrogen-bond donors (Lipinski definition) is 1. The van der Waals surface area contributed by atoms with Crippen LogP contribution in [-0.4, -0.2) is 9.55 Å². The van der Waals surface area contributed by atoms with Gasteiger partial charge in [0.1, 0.15) is 5.76 Å². The molecule has 0 saturated carbocycles. The fraction of sp³-hybridized carbons (Fsp3) is 0.214. The summed E-state index contributed by atoms with van der Waals surface area (Å²) in [6.45, 7) is 2.11. The summed E-state index contributed by atoms with van der Waals surface area (Å²) in [5, 5.41) is 0. The largest absolute Gasteiger partial charge is 0.469 e. The number of anilines is 1. The Labute approximate surface area is 119 Å². The minimum absolute atomic E-state index is 0.186. The molecule has 0 aliphatic rings. The van der Waals surface area contributed by atoms with Crippen LogP contribution >= 0.6 is 15.9 Å². The van der Waals surface area contributed by atoms with Gasteiger partial charge in [-0.2, -0.15) is 0 Å². The Balaban J connectivity index is 2.03. The maximum atomic E-state index is 6.04. The minimum atomic E-state index is 0.186. The lowest BCUT2D eigenvalue weighted by Gasteiger charge is -2.14. The molecule has 3 aromatic rings. The molecule has 5 heteroatoms. The predicted molar refractivity (Wildman–Crippen MR) is 79.0 cm³/mol. The highest BCUT2D eigenvalue weighted by Gasteiger charge is 2.15. The van der Waals surface area contributed by atoms with Crippen LogP contribution in [0.15, 0.2) is 45.5 Å². The number of nitrogens with zero attached hydrogens (tertiary/aromatic N) is 2. The Morgan fingerprint density at radius 2 is 2.26 bits per heavy atom. The van der Waals surface area contributed by atoms with Crippen LogP contribution in [0.3, 0.4) is 0 Å². The number of nitrogens with two attached hydrogens (primary N) is 1. The molecule has 98 valence electrons. The summed E-state index contributed by atoms with van der Waals surface area (Å²) in [6, 6.07) is 10.0. The average Bonchev–Trinajstić information content (AvgIpc) is 2.95. The van der Waals surface area contributed by atoms with Gasteiger partial charge in [0.25, 0.3) is 0 Å². The number of rotatable bonds is 3. The third-order valence-electron chi connectivity index (χ3n) is 3.20. The first-order valence-electron chi connectivity index (χ1n) is 6.10. The van der Waals surface area contributed by atoms with Gasteiger partial charge in [-0.3, -0.25) is 0 Å². The molecule has 1 atom stereocenters. The van der Waals surface area contributed by atoms with Crippen molar-refractivity contribution in [1.82, 2.24) is 9.55 Å². The molecule has 0 aliphatic heterocycles. The van der Waals surface area contributed by atoms with Crippen LogP contribution in [0, 0.1) is 0 Å². The van der Waals surface area contributed by atoms with Crippen LogP contribution in [0.5, 0.6) is 0 Å². The molecule has 4 nitrogen and oxygen atoms in total. The van der Waals surface area contributed by atoms with E-state index < -0.39 is 0 Å². The highest BCUT2D eigenvalue weighted by Crippen LogP contribution is 2.27. The van der Waals surface area contributed by atoms with E-state index in [2.05, 4.69) is 27.8 Å². The lowest BCUT2D eigenvalue weighted by Crippen LogP contribution is -2.11. The number of hydrogen-bond acceptors (Lipinski definition) is 3. The van der Waals surface area contributed by atoms with Crippen molar-refractivity contribution in [1.29, 1.82) is 0 Å². The Hall–Kier alpha value is -1.75. The van der Waals surface area contributed by atoms with Gasteiger partial charge < -0.3 is 14.7 Å². The molecule has 2 aromatic heterocycles. The van der Waals surface area contributed by atoms with Crippen molar-refractivity contribution in [2.75, 3.05) is 5.73 Å². The van der Waals surface area contributed by atoms with Gasteiger partial charge >= 0.3 is 0 Å². The van der Waals surface area contributed by atoms with Gasteiger partial charge in [-0.15, -0.1) is 0 Å². The number of fused-ring (bicyclic) bond motifs is 1. The van der Waals surface area contributed by atoms with E-state index in [0.29, 0.717) is 5.95 Å². The van der Waals surface area contributed by atoms with E-state index >= 15 is 0 Å². The topological polar surface area (TPSA) is 57.0 Å². The van der Waals surface area contributed by atoms with E-state index in [1.807, 2.05) is 34.9 Å². The van der Waals surface area contributed by atoms with Gasteiger partial charge in [-0.1, -0.05) is 15.9 Å². The molecule has 1 aromatic carbocycles. The summed E-state index contributed by atoms with van der Waals surface area (Å²) in [7, 11) is 0. The van der Waals surface area contributed by atoms with Crippen molar-refractivity contribution in [3.05, 3.63) is 46.8 Å². The van der Waals surface area contributed by atoms with E-state index in [4.69, 9.17) is 10.2 Å². The summed E-state index contributed by atoms with van der Waals surface area (Å²) in [4.78, 5) is 4.39. The molecule has 0 fully saturated rings. The Morgan fingerprint density at radius 1 is 1.42 bits per heavy atom. The van der Waals surface area contributed by atoms with Gasteiger partial charge in [0.05, 0.1) is 17.3 Å². The first-order valence-corrected chi connectivity index (χ1v) is 6.90. The second-order valence-corrected chi connectivity index (χ2v) is 5.52. The third-order valence-corrected chi connectivity index (χ3v) is 3.69. The van der Waals surface area contributed by atoms with Crippen molar-refractivity contribution in [2.24, 2.45) is 0 Å². The monoisotopic (exact) mass is 319 g/mol. The third kappa shape index (κ3) is 2.26. The molecule has 0 amide bonds. The molecule has 2 N–H and O–H groups in total. The number of nitrogen functional groups attached to an aromatic ring is 1.